The molecule has 0 bridgehead atoms. The number of aromatic nitrogens is 1. The summed E-state index contributed by atoms with van der Waals surface area (Å²) in [5.74, 6) is 0.0275. The van der Waals surface area contributed by atoms with E-state index in [2.05, 4.69) is 4.98 Å². The number of nitrogens with two attached hydrogens (primary N) is 1. The van der Waals surface area contributed by atoms with E-state index in [1.807, 2.05) is 0 Å². The molecule has 0 aliphatic heterocycles. The Hall–Kier alpha value is -0.960. The van der Waals surface area contributed by atoms with Gasteiger partial charge in [-0.05, 0) is 24.5 Å². The lowest BCUT2D eigenvalue weighted by Crippen LogP contribution is -2.27. The predicted molar refractivity (Wildman–Crippen MR) is 58.0 cm³/mol. The van der Waals surface area contributed by atoms with Gasteiger partial charge in [-0.25, -0.2) is 4.39 Å². The van der Waals surface area contributed by atoms with Crippen molar-refractivity contribution in [3.05, 3.63) is 29.8 Å². The zero-order valence-electron chi connectivity index (χ0n) is 8.82. The Balaban J connectivity index is 2.20. The molecular weight excluding hydrogens is 191 g/mol. The fourth-order valence-electron chi connectivity index (χ4n) is 2.38. The van der Waals surface area contributed by atoms with Crippen molar-refractivity contribution in [2.75, 3.05) is 0 Å². The van der Waals surface area contributed by atoms with Gasteiger partial charge in [0.15, 0.2) is 0 Å². The Morgan fingerprint density at radius 1 is 1.20 bits per heavy atom. The molecule has 2 N–H and O–H groups in total. The minimum absolute atomic E-state index is 0.163. The maximum Gasteiger partial charge on any atom is 0.141 e. The molecule has 1 aromatic heterocycles. The highest BCUT2D eigenvalue weighted by atomic mass is 19.1. The molecule has 1 fully saturated rings. The van der Waals surface area contributed by atoms with Crippen LogP contribution in [-0.2, 0) is 0 Å². The highest BCUT2D eigenvalue weighted by molar-refractivity contribution is 5.18. The largest absolute Gasteiger partial charge is 0.327 e. The van der Waals surface area contributed by atoms with Crippen LogP contribution in [0.3, 0.4) is 0 Å². The number of hydrogen-bond acceptors (Lipinski definition) is 2. The van der Waals surface area contributed by atoms with E-state index in [-0.39, 0.29) is 17.8 Å². The molecular formula is C12H17FN2. The van der Waals surface area contributed by atoms with Gasteiger partial charge < -0.3 is 5.73 Å². The van der Waals surface area contributed by atoms with E-state index in [0.29, 0.717) is 0 Å². The summed E-state index contributed by atoms with van der Waals surface area (Å²) in [4.78, 5) is 3.89. The van der Waals surface area contributed by atoms with Crippen LogP contribution in [0.2, 0.25) is 0 Å². The second-order valence-electron chi connectivity index (χ2n) is 4.34. The van der Waals surface area contributed by atoms with Gasteiger partial charge in [0.25, 0.3) is 0 Å². The predicted octanol–water partition coefficient (Wildman–Crippen LogP) is 2.60. The van der Waals surface area contributed by atoms with Crippen molar-refractivity contribution in [1.82, 2.24) is 4.98 Å². The molecule has 15 heavy (non-hydrogen) atoms. The third-order valence-corrected chi connectivity index (χ3v) is 3.22. The van der Waals surface area contributed by atoms with E-state index in [9.17, 15) is 4.39 Å². The average Bonchev–Trinajstić information content (AvgIpc) is 2.43. The number of halogens is 1. The second-order valence-corrected chi connectivity index (χ2v) is 4.34. The molecule has 2 rings (SSSR count). The highest BCUT2D eigenvalue weighted by Gasteiger charge is 2.22. The SMILES string of the molecule is NC1CCCCCC1c1cncc(F)c1. The molecule has 82 valence electrons. The molecule has 2 atom stereocenters. The van der Waals surface area contributed by atoms with Crippen molar-refractivity contribution in [1.29, 1.82) is 0 Å². The topological polar surface area (TPSA) is 38.9 Å². The summed E-state index contributed by atoms with van der Waals surface area (Å²) in [6.07, 6.45) is 8.72. The quantitative estimate of drug-likeness (QED) is 0.720. The van der Waals surface area contributed by atoms with Crippen molar-refractivity contribution in [3.63, 3.8) is 0 Å². The molecule has 1 aliphatic rings. The summed E-state index contributed by atoms with van der Waals surface area (Å²) < 4.78 is 13.0. The van der Waals surface area contributed by atoms with Crippen molar-refractivity contribution < 1.29 is 4.39 Å². The third-order valence-electron chi connectivity index (χ3n) is 3.22. The summed E-state index contributed by atoms with van der Waals surface area (Å²) in [6.45, 7) is 0. The Morgan fingerprint density at radius 3 is 2.80 bits per heavy atom. The van der Waals surface area contributed by atoms with Crippen molar-refractivity contribution >= 4 is 0 Å². The number of rotatable bonds is 1. The van der Waals surface area contributed by atoms with Gasteiger partial charge in [0.2, 0.25) is 0 Å². The smallest absolute Gasteiger partial charge is 0.141 e. The number of pyridine rings is 1. The summed E-state index contributed by atoms with van der Waals surface area (Å²) in [6, 6.07) is 1.74. The van der Waals surface area contributed by atoms with Gasteiger partial charge in [0.1, 0.15) is 5.82 Å². The first-order chi connectivity index (χ1) is 7.27. The van der Waals surface area contributed by atoms with Crippen LogP contribution in [0.1, 0.15) is 43.6 Å². The lowest BCUT2D eigenvalue weighted by Gasteiger charge is -2.21. The first-order valence-corrected chi connectivity index (χ1v) is 5.63. The first kappa shape index (κ1) is 10.6. The molecule has 0 aromatic carbocycles. The van der Waals surface area contributed by atoms with E-state index in [1.165, 1.54) is 25.5 Å². The van der Waals surface area contributed by atoms with Crippen molar-refractivity contribution in [3.8, 4) is 0 Å². The van der Waals surface area contributed by atoms with Crippen LogP contribution < -0.4 is 5.73 Å². The Morgan fingerprint density at radius 2 is 2.00 bits per heavy atom. The fourth-order valence-corrected chi connectivity index (χ4v) is 2.38. The van der Waals surface area contributed by atoms with E-state index in [1.54, 1.807) is 12.3 Å². The summed E-state index contributed by atoms with van der Waals surface area (Å²) in [7, 11) is 0. The Labute approximate surface area is 89.7 Å². The van der Waals surface area contributed by atoms with Crippen molar-refractivity contribution in [2.24, 2.45) is 5.73 Å². The Bertz CT molecular complexity index is 327. The molecule has 0 amide bonds. The minimum Gasteiger partial charge on any atom is -0.327 e. The van der Waals surface area contributed by atoms with Gasteiger partial charge >= 0.3 is 0 Å². The van der Waals surface area contributed by atoms with E-state index in [0.717, 1.165) is 18.4 Å². The molecule has 2 unspecified atom stereocenters. The fraction of sp³-hybridized carbons (Fsp3) is 0.583. The van der Waals surface area contributed by atoms with Crippen molar-refractivity contribution in [2.45, 2.75) is 44.1 Å². The van der Waals surface area contributed by atoms with Crippen LogP contribution in [0.5, 0.6) is 0 Å². The van der Waals surface area contributed by atoms with E-state index in [4.69, 9.17) is 5.73 Å². The summed E-state index contributed by atoms with van der Waals surface area (Å²) in [5.41, 5.74) is 7.07. The van der Waals surface area contributed by atoms with Crippen LogP contribution >= 0.6 is 0 Å². The van der Waals surface area contributed by atoms with E-state index < -0.39 is 0 Å². The molecule has 2 nitrogen and oxygen atoms in total. The summed E-state index contributed by atoms with van der Waals surface area (Å²) in [5, 5.41) is 0. The highest BCUT2D eigenvalue weighted by Crippen LogP contribution is 2.30. The minimum atomic E-state index is -0.260. The maximum atomic E-state index is 13.0. The molecule has 1 saturated carbocycles. The molecule has 3 heteroatoms. The van der Waals surface area contributed by atoms with Crippen LogP contribution in [0.4, 0.5) is 4.39 Å². The maximum absolute atomic E-state index is 13.0. The van der Waals surface area contributed by atoms with Crippen LogP contribution in [0.25, 0.3) is 0 Å². The second kappa shape index (κ2) is 4.71. The molecule has 0 spiro atoms. The van der Waals surface area contributed by atoms with Gasteiger partial charge in [-0.15, -0.1) is 0 Å². The zero-order valence-corrected chi connectivity index (χ0v) is 8.82. The first-order valence-electron chi connectivity index (χ1n) is 5.63. The third kappa shape index (κ3) is 2.53. The molecule has 1 aliphatic carbocycles. The standard InChI is InChI=1S/C12H17FN2/c13-10-6-9(7-15-8-10)11-4-2-1-3-5-12(11)14/h6-8,11-12H,1-5,14H2. The Kier molecular flexibility index (Phi) is 3.31. The molecule has 0 radical (unpaired) electrons. The van der Waals surface area contributed by atoms with E-state index >= 15 is 0 Å². The van der Waals surface area contributed by atoms with Crippen LogP contribution in [0, 0.1) is 5.82 Å². The lowest BCUT2D eigenvalue weighted by molar-refractivity contribution is 0.499. The average molecular weight is 208 g/mol. The monoisotopic (exact) mass is 208 g/mol. The summed E-state index contributed by atoms with van der Waals surface area (Å²) >= 11 is 0. The number of nitrogens with zero attached hydrogens (tertiary/aromatic N) is 1. The molecule has 1 aromatic rings. The zero-order chi connectivity index (χ0) is 10.7. The lowest BCUT2D eigenvalue weighted by atomic mass is 9.89. The molecule has 1 heterocycles. The van der Waals surface area contributed by atoms with Gasteiger partial charge in [0.05, 0.1) is 6.20 Å². The molecule has 0 saturated heterocycles. The van der Waals surface area contributed by atoms with Gasteiger partial charge in [-0.1, -0.05) is 19.3 Å². The van der Waals surface area contributed by atoms with Gasteiger partial charge in [-0.3, -0.25) is 4.98 Å². The van der Waals surface area contributed by atoms with Gasteiger partial charge in [-0.2, -0.15) is 0 Å². The number of hydrogen-bond donors (Lipinski definition) is 1. The normalized spacial score (nSPS) is 27.3. The van der Waals surface area contributed by atoms with Crippen LogP contribution in [0.15, 0.2) is 18.5 Å². The van der Waals surface area contributed by atoms with Gasteiger partial charge in [0, 0.05) is 18.2 Å². The van der Waals surface area contributed by atoms with Crippen LogP contribution in [-0.4, -0.2) is 11.0 Å².